The molecule has 0 atom stereocenters. The second kappa shape index (κ2) is 3.58. The topological polar surface area (TPSA) is 28.7 Å². The zero-order chi connectivity index (χ0) is 10.8. The van der Waals surface area contributed by atoms with E-state index in [0.29, 0.717) is 16.9 Å². The molecule has 0 spiro atoms. The van der Waals surface area contributed by atoms with E-state index in [0.717, 1.165) is 0 Å². The van der Waals surface area contributed by atoms with Crippen LogP contribution in [0.25, 0.3) is 5.69 Å². The minimum Gasteiger partial charge on any atom is -0.308 e. The van der Waals surface area contributed by atoms with Gasteiger partial charge in [-0.2, -0.15) is 5.26 Å². The summed E-state index contributed by atoms with van der Waals surface area (Å²) in [6, 6.07) is 10.4. The van der Waals surface area contributed by atoms with E-state index < -0.39 is 0 Å². The summed E-state index contributed by atoms with van der Waals surface area (Å²) in [6.45, 7) is 1.71. The molecule has 3 heteroatoms. The molecule has 2 rings (SSSR count). The molecule has 0 fully saturated rings. The number of aryl methyl sites for hydroxylation is 1. The van der Waals surface area contributed by atoms with Gasteiger partial charge in [-0.3, -0.25) is 0 Å². The lowest BCUT2D eigenvalue weighted by Gasteiger charge is -2.05. The predicted octanol–water partition coefficient (Wildman–Crippen LogP) is 2.80. The minimum atomic E-state index is -0.259. The first-order valence-electron chi connectivity index (χ1n) is 4.56. The lowest BCUT2D eigenvalue weighted by atomic mass is 10.2. The van der Waals surface area contributed by atoms with E-state index in [1.165, 1.54) is 6.07 Å². The van der Waals surface area contributed by atoms with Crippen molar-refractivity contribution >= 4 is 0 Å². The number of rotatable bonds is 1. The summed E-state index contributed by atoms with van der Waals surface area (Å²) < 4.78 is 15.0. The fraction of sp³-hybridized carbons (Fsp3) is 0.0833. The number of nitrogens with zero attached hydrogens (tertiary/aromatic N) is 2. The molecule has 0 aliphatic carbocycles. The zero-order valence-corrected chi connectivity index (χ0v) is 8.24. The molecule has 0 aliphatic rings. The molecule has 0 unspecified atom stereocenters. The van der Waals surface area contributed by atoms with Gasteiger partial charge in [0.25, 0.3) is 0 Å². The van der Waals surface area contributed by atoms with Crippen LogP contribution in [-0.2, 0) is 0 Å². The van der Waals surface area contributed by atoms with Crippen LogP contribution in [0.5, 0.6) is 0 Å². The smallest absolute Gasteiger partial charge is 0.128 e. The molecule has 0 N–H and O–H groups in total. The van der Waals surface area contributed by atoms with E-state index in [4.69, 9.17) is 5.26 Å². The number of halogens is 1. The Labute approximate surface area is 87.2 Å². The Kier molecular flexibility index (Phi) is 2.26. The van der Waals surface area contributed by atoms with Crippen molar-refractivity contribution in [2.24, 2.45) is 0 Å². The minimum absolute atomic E-state index is 0.259. The van der Waals surface area contributed by atoms with Crippen molar-refractivity contribution < 1.29 is 4.39 Å². The predicted molar refractivity (Wildman–Crippen MR) is 55.2 cm³/mol. The van der Waals surface area contributed by atoms with Gasteiger partial charge >= 0.3 is 0 Å². The van der Waals surface area contributed by atoms with Crippen molar-refractivity contribution in [2.45, 2.75) is 6.92 Å². The molecule has 0 amide bonds. The third-order valence-electron chi connectivity index (χ3n) is 2.30. The standard InChI is InChI=1S/C12H9FN2/c1-9-4-5-10(7-12(9)13)15-6-2-3-11(15)8-14/h2-7H,1H3. The van der Waals surface area contributed by atoms with Crippen LogP contribution in [0.4, 0.5) is 4.39 Å². The van der Waals surface area contributed by atoms with Crippen molar-refractivity contribution in [3.05, 3.63) is 53.6 Å². The van der Waals surface area contributed by atoms with Gasteiger partial charge < -0.3 is 4.57 Å². The van der Waals surface area contributed by atoms with E-state index >= 15 is 0 Å². The maximum atomic E-state index is 13.3. The monoisotopic (exact) mass is 200 g/mol. The Hall–Kier alpha value is -2.08. The van der Waals surface area contributed by atoms with Crippen molar-refractivity contribution in [1.29, 1.82) is 5.26 Å². The maximum absolute atomic E-state index is 13.3. The second-order valence-electron chi connectivity index (χ2n) is 3.31. The molecule has 2 nitrogen and oxygen atoms in total. The Morgan fingerprint density at radius 1 is 1.33 bits per heavy atom. The molecule has 74 valence electrons. The van der Waals surface area contributed by atoms with Gasteiger partial charge in [0.2, 0.25) is 0 Å². The Morgan fingerprint density at radius 2 is 2.13 bits per heavy atom. The Bertz CT molecular complexity index is 535. The van der Waals surface area contributed by atoms with Crippen molar-refractivity contribution in [3.63, 3.8) is 0 Å². The number of aromatic nitrogens is 1. The van der Waals surface area contributed by atoms with Crippen LogP contribution in [0.15, 0.2) is 36.5 Å². The molecule has 1 aromatic heterocycles. The first kappa shape index (κ1) is 9.47. The highest BCUT2D eigenvalue weighted by Gasteiger charge is 2.04. The Balaban J connectivity index is 2.56. The van der Waals surface area contributed by atoms with Gasteiger partial charge in [-0.05, 0) is 36.8 Å². The third-order valence-corrected chi connectivity index (χ3v) is 2.30. The normalized spacial score (nSPS) is 9.93. The summed E-state index contributed by atoms with van der Waals surface area (Å²) in [5.41, 5.74) is 1.77. The molecular weight excluding hydrogens is 191 g/mol. The first-order chi connectivity index (χ1) is 7.22. The van der Waals surface area contributed by atoms with Gasteiger partial charge in [0.1, 0.15) is 17.6 Å². The Morgan fingerprint density at radius 3 is 2.80 bits per heavy atom. The number of nitriles is 1. The fourth-order valence-corrected chi connectivity index (χ4v) is 1.43. The molecule has 15 heavy (non-hydrogen) atoms. The molecule has 0 radical (unpaired) electrons. The maximum Gasteiger partial charge on any atom is 0.128 e. The van der Waals surface area contributed by atoms with Crippen molar-refractivity contribution in [2.75, 3.05) is 0 Å². The van der Waals surface area contributed by atoms with E-state index in [2.05, 4.69) is 0 Å². The van der Waals surface area contributed by atoms with Crippen LogP contribution >= 0.6 is 0 Å². The van der Waals surface area contributed by atoms with Gasteiger partial charge in [0.15, 0.2) is 0 Å². The zero-order valence-electron chi connectivity index (χ0n) is 8.24. The highest BCUT2D eigenvalue weighted by Crippen LogP contribution is 2.15. The molecule has 0 bridgehead atoms. The quantitative estimate of drug-likeness (QED) is 0.695. The van der Waals surface area contributed by atoms with Gasteiger partial charge in [-0.1, -0.05) is 6.07 Å². The SMILES string of the molecule is Cc1ccc(-n2cccc2C#N)cc1F. The average molecular weight is 200 g/mol. The van der Waals surface area contributed by atoms with Crippen LogP contribution in [0.3, 0.4) is 0 Å². The van der Waals surface area contributed by atoms with E-state index in [9.17, 15) is 4.39 Å². The van der Waals surface area contributed by atoms with Gasteiger partial charge in [0.05, 0.1) is 0 Å². The van der Waals surface area contributed by atoms with Crippen molar-refractivity contribution in [1.82, 2.24) is 4.57 Å². The largest absolute Gasteiger partial charge is 0.308 e. The third kappa shape index (κ3) is 1.62. The fourth-order valence-electron chi connectivity index (χ4n) is 1.43. The summed E-state index contributed by atoms with van der Waals surface area (Å²) >= 11 is 0. The molecule has 0 saturated heterocycles. The summed E-state index contributed by atoms with van der Waals surface area (Å²) in [4.78, 5) is 0. The first-order valence-corrected chi connectivity index (χ1v) is 4.56. The summed E-state index contributed by atoms with van der Waals surface area (Å²) in [5.74, 6) is -0.259. The average Bonchev–Trinajstić information content (AvgIpc) is 2.70. The molecule has 0 saturated carbocycles. The number of hydrogen-bond acceptors (Lipinski definition) is 1. The molecule has 1 aromatic carbocycles. The summed E-state index contributed by atoms with van der Waals surface area (Å²) in [6.07, 6.45) is 1.74. The highest BCUT2D eigenvalue weighted by atomic mass is 19.1. The van der Waals surface area contributed by atoms with E-state index in [-0.39, 0.29) is 5.82 Å². The van der Waals surface area contributed by atoms with Crippen molar-refractivity contribution in [3.8, 4) is 11.8 Å². The van der Waals surface area contributed by atoms with Crippen LogP contribution in [0, 0.1) is 24.1 Å². The van der Waals surface area contributed by atoms with Crippen LogP contribution in [0.1, 0.15) is 11.3 Å². The summed E-state index contributed by atoms with van der Waals surface area (Å²) in [7, 11) is 0. The number of hydrogen-bond donors (Lipinski definition) is 0. The molecule has 0 aliphatic heterocycles. The summed E-state index contributed by atoms with van der Waals surface area (Å²) in [5, 5.41) is 8.83. The highest BCUT2D eigenvalue weighted by molar-refractivity contribution is 5.40. The van der Waals surface area contributed by atoms with Gasteiger partial charge in [-0.25, -0.2) is 4.39 Å². The molecule has 2 aromatic rings. The molecule has 1 heterocycles. The lowest BCUT2D eigenvalue weighted by molar-refractivity contribution is 0.617. The van der Waals surface area contributed by atoms with Gasteiger partial charge in [0, 0.05) is 11.9 Å². The number of benzene rings is 1. The van der Waals surface area contributed by atoms with E-state index in [1.807, 2.05) is 6.07 Å². The van der Waals surface area contributed by atoms with E-state index in [1.54, 1.807) is 42.0 Å². The van der Waals surface area contributed by atoms with Crippen LogP contribution < -0.4 is 0 Å². The van der Waals surface area contributed by atoms with Crippen LogP contribution in [0.2, 0.25) is 0 Å². The second-order valence-corrected chi connectivity index (χ2v) is 3.31. The van der Waals surface area contributed by atoms with Gasteiger partial charge in [-0.15, -0.1) is 0 Å². The van der Waals surface area contributed by atoms with Crippen LogP contribution in [-0.4, -0.2) is 4.57 Å². The molecular formula is C12H9FN2. The lowest BCUT2D eigenvalue weighted by Crippen LogP contribution is -1.96.